The van der Waals surface area contributed by atoms with Crippen molar-refractivity contribution in [3.8, 4) is 5.75 Å². The van der Waals surface area contributed by atoms with Crippen molar-refractivity contribution in [3.63, 3.8) is 0 Å². The van der Waals surface area contributed by atoms with Gasteiger partial charge in [0.25, 0.3) is 5.91 Å². The molecule has 2 amide bonds. The number of nitrogens with one attached hydrogen (secondary N) is 1. The number of ether oxygens (including phenoxy) is 1. The zero-order valence-corrected chi connectivity index (χ0v) is 15.1. The van der Waals surface area contributed by atoms with Crippen LogP contribution in [0.1, 0.15) is 24.5 Å². The third kappa shape index (κ3) is 4.09. The van der Waals surface area contributed by atoms with Crippen molar-refractivity contribution in [1.82, 2.24) is 5.43 Å². The number of carbonyl (C=O) groups excluding carboxylic acids is 2. The summed E-state index contributed by atoms with van der Waals surface area (Å²) >= 11 is 0. The standard InChI is InChI=1S/C20H22N4O3/c1-2-13-3-5-14(6-4-13)11-18-20(26)24(10-9-19(25)23-22)16-12-15(21)7-8-17(16)27-18/h3-8,11-12H,2,9-10,21-22H2,1H3,(H,23,25)/b18-11+. The Morgan fingerprint density at radius 3 is 2.63 bits per heavy atom. The predicted octanol–water partition coefficient (Wildman–Crippen LogP) is 1.98. The van der Waals surface area contributed by atoms with Gasteiger partial charge in [0, 0.05) is 18.7 Å². The first-order chi connectivity index (χ1) is 13.0. The number of nitrogens with zero attached hydrogens (tertiary/aromatic N) is 1. The largest absolute Gasteiger partial charge is 0.449 e. The molecule has 1 heterocycles. The number of amides is 2. The molecule has 0 atom stereocenters. The number of hydrogen-bond acceptors (Lipinski definition) is 5. The molecule has 27 heavy (non-hydrogen) atoms. The third-order valence-electron chi connectivity index (χ3n) is 4.36. The monoisotopic (exact) mass is 366 g/mol. The molecule has 1 aliphatic heterocycles. The van der Waals surface area contributed by atoms with Crippen LogP contribution >= 0.6 is 0 Å². The number of nitrogens with two attached hydrogens (primary N) is 2. The van der Waals surface area contributed by atoms with Crippen LogP contribution < -0.4 is 26.6 Å². The Bertz CT molecular complexity index is 891. The molecule has 7 heteroatoms. The molecular formula is C20H22N4O3. The van der Waals surface area contributed by atoms with Gasteiger partial charge in [-0.15, -0.1) is 0 Å². The van der Waals surface area contributed by atoms with Crippen LogP contribution in [0.25, 0.3) is 6.08 Å². The minimum Gasteiger partial charge on any atom is -0.449 e. The smallest absolute Gasteiger partial charge is 0.294 e. The zero-order chi connectivity index (χ0) is 19.4. The molecule has 3 rings (SSSR count). The molecule has 2 aromatic rings. The molecule has 0 fully saturated rings. The Morgan fingerprint density at radius 2 is 1.96 bits per heavy atom. The second kappa shape index (κ2) is 7.92. The van der Waals surface area contributed by atoms with Gasteiger partial charge < -0.3 is 15.4 Å². The number of hydrazine groups is 1. The first-order valence-corrected chi connectivity index (χ1v) is 8.71. The van der Waals surface area contributed by atoms with Gasteiger partial charge in [0.15, 0.2) is 11.5 Å². The summed E-state index contributed by atoms with van der Waals surface area (Å²) in [5.74, 6) is 5.13. The Morgan fingerprint density at radius 1 is 1.22 bits per heavy atom. The molecule has 0 aromatic heterocycles. The van der Waals surface area contributed by atoms with Gasteiger partial charge in [-0.3, -0.25) is 15.0 Å². The highest BCUT2D eigenvalue weighted by Crippen LogP contribution is 2.37. The normalized spacial score (nSPS) is 14.7. The maximum atomic E-state index is 13.0. The van der Waals surface area contributed by atoms with Crippen LogP contribution in [0.3, 0.4) is 0 Å². The number of rotatable bonds is 5. The van der Waals surface area contributed by atoms with Crippen LogP contribution in [0.4, 0.5) is 11.4 Å². The molecule has 7 nitrogen and oxygen atoms in total. The van der Waals surface area contributed by atoms with Gasteiger partial charge in [-0.25, -0.2) is 5.84 Å². The highest BCUT2D eigenvalue weighted by atomic mass is 16.5. The van der Waals surface area contributed by atoms with Crippen LogP contribution in [0.2, 0.25) is 0 Å². The van der Waals surface area contributed by atoms with Gasteiger partial charge in [0.05, 0.1) is 5.69 Å². The van der Waals surface area contributed by atoms with E-state index in [1.165, 1.54) is 10.5 Å². The average Bonchev–Trinajstić information content (AvgIpc) is 2.68. The molecule has 1 aliphatic rings. The summed E-state index contributed by atoms with van der Waals surface area (Å²) in [6.45, 7) is 2.24. The topological polar surface area (TPSA) is 111 Å². The summed E-state index contributed by atoms with van der Waals surface area (Å²) in [4.78, 5) is 26.0. The van der Waals surface area contributed by atoms with Gasteiger partial charge in [0.1, 0.15) is 0 Å². The first kappa shape index (κ1) is 18.5. The summed E-state index contributed by atoms with van der Waals surface area (Å²) in [5.41, 5.74) is 11.0. The Balaban J connectivity index is 1.94. The van der Waals surface area contributed by atoms with E-state index in [0.717, 1.165) is 12.0 Å². The van der Waals surface area contributed by atoms with Crippen molar-refractivity contribution >= 4 is 29.3 Å². The average molecular weight is 366 g/mol. The number of benzene rings is 2. The Labute approximate surface area is 157 Å². The minimum atomic E-state index is -0.361. The van der Waals surface area contributed by atoms with E-state index in [1.807, 2.05) is 24.3 Å². The van der Waals surface area contributed by atoms with E-state index in [2.05, 4.69) is 12.3 Å². The lowest BCUT2D eigenvalue weighted by atomic mass is 10.1. The molecule has 5 N–H and O–H groups in total. The summed E-state index contributed by atoms with van der Waals surface area (Å²) in [6.07, 6.45) is 2.70. The number of nitrogen functional groups attached to an aromatic ring is 1. The number of carbonyl (C=O) groups is 2. The number of hydrogen-bond donors (Lipinski definition) is 3. The van der Waals surface area contributed by atoms with Crippen molar-refractivity contribution in [1.29, 1.82) is 0 Å². The molecule has 2 aromatic carbocycles. The fraction of sp³-hybridized carbons (Fsp3) is 0.200. The molecule has 0 saturated carbocycles. The minimum absolute atomic E-state index is 0.0644. The maximum absolute atomic E-state index is 13.0. The Kier molecular flexibility index (Phi) is 5.42. The van der Waals surface area contributed by atoms with E-state index >= 15 is 0 Å². The quantitative estimate of drug-likeness (QED) is 0.246. The van der Waals surface area contributed by atoms with Crippen molar-refractivity contribution in [2.24, 2.45) is 5.84 Å². The second-order valence-corrected chi connectivity index (χ2v) is 6.21. The highest BCUT2D eigenvalue weighted by molar-refractivity contribution is 6.10. The van der Waals surface area contributed by atoms with Crippen molar-refractivity contribution < 1.29 is 14.3 Å². The Hall–Kier alpha value is -3.32. The molecule has 140 valence electrons. The van der Waals surface area contributed by atoms with E-state index in [-0.39, 0.29) is 30.5 Å². The van der Waals surface area contributed by atoms with Crippen LogP contribution in [0.15, 0.2) is 48.2 Å². The van der Waals surface area contributed by atoms with Crippen LogP contribution in [-0.4, -0.2) is 18.4 Å². The molecule has 0 unspecified atom stereocenters. The van der Waals surface area contributed by atoms with Gasteiger partial charge in [0.2, 0.25) is 5.91 Å². The summed E-state index contributed by atoms with van der Waals surface area (Å²) in [7, 11) is 0. The highest BCUT2D eigenvalue weighted by Gasteiger charge is 2.30. The summed E-state index contributed by atoms with van der Waals surface area (Å²) in [6, 6.07) is 13.0. The van der Waals surface area contributed by atoms with Crippen molar-refractivity contribution in [2.75, 3.05) is 17.2 Å². The second-order valence-electron chi connectivity index (χ2n) is 6.21. The third-order valence-corrected chi connectivity index (χ3v) is 4.36. The fourth-order valence-electron chi connectivity index (χ4n) is 2.84. The van der Waals surface area contributed by atoms with Crippen LogP contribution in [0, 0.1) is 0 Å². The molecule has 0 spiro atoms. The van der Waals surface area contributed by atoms with Gasteiger partial charge in [-0.2, -0.15) is 0 Å². The molecular weight excluding hydrogens is 344 g/mol. The van der Waals surface area contributed by atoms with E-state index < -0.39 is 0 Å². The lowest BCUT2D eigenvalue weighted by Crippen LogP contribution is -2.40. The van der Waals surface area contributed by atoms with Crippen LogP contribution in [-0.2, 0) is 16.0 Å². The van der Waals surface area contributed by atoms with Gasteiger partial charge in [-0.1, -0.05) is 31.2 Å². The lowest BCUT2D eigenvalue weighted by Gasteiger charge is -2.30. The lowest BCUT2D eigenvalue weighted by molar-refractivity contribution is -0.121. The van der Waals surface area contributed by atoms with E-state index in [9.17, 15) is 9.59 Å². The van der Waals surface area contributed by atoms with Gasteiger partial charge in [-0.05, 0) is 41.8 Å². The van der Waals surface area contributed by atoms with Crippen LogP contribution in [0.5, 0.6) is 5.75 Å². The van der Waals surface area contributed by atoms with E-state index in [0.29, 0.717) is 17.1 Å². The number of fused-ring (bicyclic) bond motifs is 1. The van der Waals surface area contributed by atoms with Crippen molar-refractivity contribution in [2.45, 2.75) is 19.8 Å². The fourth-order valence-corrected chi connectivity index (χ4v) is 2.84. The SMILES string of the molecule is CCc1ccc(/C=C2/Oc3ccc(N)cc3N(CCC(=O)NN)C2=O)cc1. The number of anilines is 2. The van der Waals surface area contributed by atoms with Gasteiger partial charge >= 0.3 is 0 Å². The maximum Gasteiger partial charge on any atom is 0.294 e. The molecule has 0 saturated heterocycles. The number of aryl methyl sites for hydroxylation is 1. The summed E-state index contributed by atoms with van der Waals surface area (Å²) in [5, 5.41) is 0. The van der Waals surface area contributed by atoms with E-state index in [1.54, 1.807) is 24.3 Å². The molecule has 0 bridgehead atoms. The molecule has 0 radical (unpaired) electrons. The van der Waals surface area contributed by atoms with E-state index in [4.69, 9.17) is 16.3 Å². The zero-order valence-electron chi connectivity index (χ0n) is 15.1. The first-order valence-electron chi connectivity index (χ1n) is 8.71. The molecule has 0 aliphatic carbocycles. The van der Waals surface area contributed by atoms with Crippen molar-refractivity contribution in [3.05, 3.63) is 59.4 Å². The predicted molar refractivity (Wildman–Crippen MR) is 105 cm³/mol. The summed E-state index contributed by atoms with van der Waals surface area (Å²) < 4.78 is 5.81.